The Kier molecular flexibility index (Phi) is 2.51. The molecule has 0 spiro atoms. The second-order valence-electron chi connectivity index (χ2n) is 5.23. The maximum atomic E-state index is 12.4. The van der Waals surface area contributed by atoms with Crippen molar-refractivity contribution in [2.24, 2.45) is 5.41 Å². The predicted molar refractivity (Wildman–Crippen MR) is 56.4 cm³/mol. The standard InChI is InChI=1S/C12H14F3NO/c1-10(2)6-11(10,7-17)8-3-4-9(16-5-8)12(13,14)15/h3-5,17H,6-7H2,1-2H3. The Hall–Kier alpha value is -1.10. The van der Waals surface area contributed by atoms with Crippen molar-refractivity contribution in [1.29, 1.82) is 0 Å². The summed E-state index contributed by atoms with van der Waals surface area (Å²) in [7, 11) is 0. The van der Waals surface area contributed by atoms with Crippen molar-refractivity contribution in [1.82, 2.24) is 4.98 Å². The Morgan fingerprint density at radius 1 is 1.35 bits per heavy atom. The van der Waals surface area contributed by atoms with Crippen LogP contribution < -0.4 is 0 Å². The average Bonchev–Trinajstić information content (AvgIpc) is 2.81. The lowest BCUT2D eigenvalue weighted by molar-refractivity contribution is -0.141. The zero-order valence-corrected chi connectivity index (χ0v) is 9.67. The summed E-state index contributed by atoms with van der Waals surface area (Å²) in [5.41, 5.74) is -0.723. The van der Waals surface area contributed by atoms with Gasteiger partial charge in [-0.3, -0.25) is 4.98 Å². The van der Waals surface area contributed by atoms with E-state index in [1.807, 2.05) is 13.8 Å². The first-order valence-corrected chi connectivity index (χ1v) is 5.37. The third-order valence-electron chi connectivity index (χ3n) is 3.79. The van der Waals surface area contributed by atoms with Gasteiger partial charge in [0, 0.05) is 11.6 Å². The summed E-state index contributed by atoms with van der Waals surface area (Å²) in [6.45, 7) is 3.91. The van der Waals surface area contributed by atoms with Gasteiger partial charge in [0.2, 0.25) is 0 Å². The first-order valence-electron chi connectivity index (χ1n) is 5.37. The molecule has 0 amide bonds. The van der Waals surface area contributed by atoms with E-state index in [-0.39, 0.29) is 12.0 Å². The molecule has 1 heterocycles. The van der Waals surface area contributed by atoms with Gasteiger partial charge in [-0.05, 0) is 23.5 Å². The summed E-state index contributed by atoms with van der Waals surface area (Å²) in [6, 6.07) is 2.39. The molecule has 1 aliphatic carbocycles. The van der Waals surface area contributed by atoms with E-state index >= 15 is 0 Å². The summed E-state index contributed by atoms with van der Waals surface area (Å²) in [5.74, 6) is 0. The summed E-state index contributed by atoms with van der Waals surface area (Å²) in [5, 5.41) is 9.42. The van der Waals surface area contributed by atoms with Crippen LogP contribution in [0.5, 0.6) is 0 Å². The van der Waals surface area contributed by atoms with Crippen molar-refractivity contribution >= 4 is 0 Å². The molecule has 0 aromatic carbocycles. The van der Waals surface area contributed by atoms with Crippen molar-refractivity contribution in [2.45, 2.75) is 31.9 Å². The Balaban J connectivity index is 2.31. The van der Waals surface area contributed by atoms with Crippen LogP contribution in [0.15, 0.2) is 18.3 Å². The highest BCUT2D eigenvalue weighted by Crippen LogP contribution is 2.63. The van der Waals surface area contributed by atoms with Gasteiger partial charge in [-0.1, -0.05) is 19.9 Å². The molecule has 1 aliphatic rings. The third kappa shape index (κ3) is 1.82. The van der Waals surface area contributed by atoms with Gasteiger partial charge in [-0.15, -0.1) is 0 Å². The van der Waals surface area contributed by atoms with Crippen molar-refractivity contribution in [3.05, 3.63) is 29.6 Å². The number of halogens is 3. The number of aliphatic hydroxyl groups is 1. The minimum atomic E-state index is -4.41. The smallest absolute Gasteiger partial charge is 0.395 e. The maximum absolute atomic E-state index is 12.4. The molecule has 0 radical (unpaired) electrons. The minimum Gasteiger partial charge on any atom is -0.395 e. The lowest BCUT2D eigenvalue weighted by Gasteiger charge is -2.18. The largest absolute Gasteiger partial charge is 0.433 e. The molecule has 1 aromatic rings. The maximum Gasteiger partial charge on any atom is 0.433 e. The molecule has 0 bridgehead atoms. The van der Waals surface area contributed by atoms with E-state index in [0.29, 0.717) is 5.56 Å². The second kappa shape index (κ2) is 3.45. The fraction of sp³-hybridized carbons (Fsp3) is 0.583. The Bertz CT molecular complexity index is 424. The van der Waals surface area contributed by atoms with E-state index in [1.165, 1.54) is 12.3 Å². The van der Waals surface area contributed by atoms with Crippen LogP contribution in [0.1, 0.15) is 31.5 Å². The zero-order valence-electron chi connectivity index (χ0n) is 9.67. The van der Waals surface area contributed by atoms with Crippen molar-refractivity contribution in [3.8, 4) is 0 Å². The van der Waals surface area contributed by atoms with Crippen molar-refractivity contribution in [2.75, 3.05) is 6.61 Å². The molecular formula is C12H14F3NO. The van der Waals surface area contributed by atoms with Gasteiger partial charge >= 0.3 is 6.18 Å². The van der Waals surface area contributed by atoms with Gasteiger partial charge in [0.25, 0.3) is 0 Å². The van der Waals surface area contributed by atoms with E-state index in [1.54, 1.807) is 0 Å². The number of rotatable bonds is 2. The van der Waals surface area contributed by atoms with Gasteiger partial charge in [0.05, 0.1) is 6.61 Å². The number of alkyl halides is 3. The summed E-state index contributed by atoms with van der Waals surface area (Å²) in [4.78, 5) is 3.43. The van der Waals surface area contributed by atoms with Crippen LogP contribution in [0.3, 0.4) is 0 Å². The molecule has 1 saturated carbocycles. The number of hydrogen-bond acceptors (Lipinski definition) is 2. The van der Waals surface area contributed by atoms with Gasteiger partial charge in [0.1, 0.15) is 5.69 Å². The fourth-order valence-electron chi connectivity index (χ4n) is 2.41. The quantitative estimate of drug-likeness (QED) is 0.869. The molecule has 1 aromatic heterocycles. The van der Waals surface area contributed by atoms with Crippen LogP contribution in [-0.4, -0.2) is 16.7 Å². The Labute approximate surface area is 97.5 Å². The molecule has 1 atom stereocenters. The van der Waals surface area contributed by atoms with E-state index in [4.69, 9.17) is 0 Å². The lowest BCUT2D eigenvalue weighted by Crippen LogP contribution is -2.20. The number of aromatic nitrogens is 1. The minimum absolute atomic E-state index is 0.0625. The van der Waals surface area contributed by atoms with E-state index < -0.39 is 17.3 Å². The number of pyridine rings is 1. The first kappa shape index (κ1) is 12.4. The molecule has 0 saturated heterocycles. The van der Waals surface area contributed by atoms with Crippen LogP contribution in [0, 0.1) is 5.41 Å². The van der Waals surface area contributed by atoms with E-state index in [2.05, 4.69) is 4.98 Å². The number of nitrogens with zero attached hydrogens (tertiary/aromatic N) is 1. The first-order chi connectivity index (χ1) is 7.73. The van der Waals surface area contributed by atoms with Crippen LogP contribution in [0.4, 0.5) is 13.2 Å². The molecule has 2 rings (SSSR count). The fourth-order valence-corrected chi connectivity index (χ4v) is 2.41. The predicted octanol–water partition coefficient (Wildman–Crippen LogP) is 2.76. The number of aliphatic hydroxyl groups excluding tert-OH is 1. The molecule has 94 valence electrons. The van der Waals surface area contributed by atoms with E-state index in [0.717, 1.165) is 12.5 Å². The van der Waals surface area contributed by atoms with Crippen LogP contribution in [-0.2, 0) is 11.6 Å². The molecule has 5 heteroatoms. The van der Waals surface area contributed by atoms with Crippen molar-refractivity contribution in [3.63, 3.8) is 0 Å². The van der Waals surface area contributed by atoms with Crippen LogP contribution in [0.25, 0.3) is 0 Å². The average molecular weight is 245 g/mol. The lowest BCUT2D eigenvalue weighted by atomic mass is 9.90. The Morgan fingerprint density at radius 2 is 1.94 bits per heavy atom. The van der Waals surface area contributed by atoms with Crippen LogP contribution in [0.2, 0.25) is 0 Å². The van der Waals surface area contributed by atoms with Gasteiger partial charge in [-0.2, -0.15) is 13.2 Å². The highest BCUT2D eigenvalue weighted by Gasteiger charge is 2.61. The van der Waals surface area contributed by atoms with Gasteiger partial charge in [0.15, 0.2) is 0 Å². The van der Waals surface area contributed by atoms with Crippen LogP contribution >= 0.6 is 0 Å². The Morgan fingerprint density at radius 3 is 2.24 bits per heavy atom. The molecule has 2 nitrogen and oxygen atoms in total. The highest BCUT2D eigenvalue weighted by molar-refractivity contribution is 5.36. The molecule has 1 fully saturated rings. The van der Waals surface area contributed by atoms with Crippen molar-refractivity contribution < 1.29 is 18.3 Å². The zero-order chi connectivity index (χ0) is 12.9. The summed E-state index contributed by atoms with van der Waals surface area (Å²) < 4.78 is 37.1. The SMILES string of the molecule is CC1(C)CC1(CO)c1ccc(C(F)(F)F)nc1. The molecule has 1 N–H and O–H groups in total. The van der Waals surface area contributed by atoms with E-state index in [9.17, 15) is 18.3 Å². The molecule has 1 unspecified atom stereocenters. The van der Waals surface area contributed by atoms with Gasteiger partial charge < -0.3 is 5.11 Å². The molecular weight excluding hydrogens is 231 g/mol. The monoisotopic (exact) mass is 245 g/mol. The number of hydrogen-bond donors (Lipinski definition) is 1. The third-order valence-corrected chi connectivity index (χ3v) is 3.79. The molecule has 17 heavy (non-hydrogen) atoms. The highest BCUT2D eigenvalue weighted by atomic mass is 19.4. The second-order valence-corrected chi connectivity index (χ2v) is 5.23. The molecule has 0 aliphatic heterocycles. The topological polar surface area (TPSA) is 33.1 Å². The van der Waals surface area contributed by atoms with Gasteiger partial charge in [-0.25, -0.2) is 0 Å². The summed E-state index contributed by atoms with van der Waals surface area (Å²) in [6.07, 6.45) is -2.42. The normalized spacial score (nSPS) is 26.9. The summed E-state index contributed by atoms with van der Waals surface area (Å²) >= 11 is 0.